The van der Waals surface area contributed by atoms with Crippen LogP contribution in [0.1, 0.15) is 25.5 Å². The number of hydrogen-bond donors (Lipinski definition) is 0. The maximum absolute atomic E-state index is 12.7. The Hall–Kier alpha value is -3.61. The zero-order valence-corrected chi connectivity index (χ0v) is 17.6. The van der Waals surface area contributed by atoms with Gasteiger partial charge in [0.05, 0.1) is 5.92 Å². The number of para-hydroxylation sites is 1. The fourth-order valence-corrected chi connectivity index (χ4v) is 3.40. The Morgan fingerprint density at radius 1 is 1.10 bits per heavy atom. The van der Waals surface area contributed by atoms with E-state index in [2.05, 4.69) is 11.8 Å². The van der Waals surface area contributed by atoms with Crippen molar-refractivity contribution in [1.29, 1.82) is 5.26 Å². The summed E-state index contributed by atoms with van der Waals surface area (Å²) >= 11 is 0. The number of nitriles is 1. The van der Waals surface area contributed by atoms with Gasteiger partial charge in [-0.1, -0.05) is 50.1 Å². The first-order valence-electron chi connectivity index (χ1n) is 9.83. The van der Waals surface area contributed by atoms with Crippen LogP contribution >= 0.6 is 0 Å². The summed E-state index contributed by atoms with van der Waals surface area (Å²) < 4.78 is 16.1. The maximum Gasteiger partial charge on any atom is 0.312 e. The molecular formula is C25H23NO5. The first kappa shape index (κ1) is 22.1. The molecule has 0 saturated heterocycles. The second-order valence-corrected chi connectivity index (χ2v) is 7.84. The number of esters is 1. The minimum absolute atomic E-state index is 0.0901. The van der Waals surface area contributed by atoms with E-state index in [1.54, 1.807) is 24.3 Å². The predicted octanol–water partition coefficient (Wildman–Crippen LogP) is 4.08. The van der Waals surface area contributed by atoms with E-state index in [1.165, 1.54) is 7.11 Å². The van der Waals surface area contributed by atoms with Gasteiger partial charge in [0, 0.05) is 18.6 Å². The van der Waals surface area contributed by atoms with Crippen molar-refractivity contribution in [2.45, 2.75) is 20.0 Å². The number of rotatable bonds is 7. The highest BCUT2D eigenvalue weighted by Gasteiger charge is 2.62. The lowest BCUT2D eigenvalue weighted by Gasteiger charge is -2.13. The van der Waals surface area contributed by atoms with E-state index in [1.807, 2.05) is 50.2 Å². The number of Topliss-reactive ketones (excluding diaryl/α,β-unsaturated/α-hetero) is 1. The minimum atomic E-state index is -1.08. The Labute approximate surface area is 181 Å². The third-order valence-corrected chi connectivity index (χ3v) is 5.21. The second-order valence-electron chi connectivity index (χ2n) is 7.84. The van der Waals surface area contributed by atoms with Gasteiger partial charge < -0.3 is 14.2 Å². The molecule has 1 aliphatic carbocycles. The normalized spacial score (nSPS) is 19.2. The minimum Gasteiger partial charge on any atom is -0.457 e. The van der Waals surface area contributed by atoms with Gasteiger partial charge in [-0.05, 0) is 35.6 Å². The summed E-state index contributed by atoms with van der Waals surface area (Å²) in [6.45, 7) is 3.68. The first-order chi connectivity index (χ1) is 14.9. The molecule has 158 valence electrons. The van der Waals surface area contributed by atoms with Gasteiger partial charge in [0.1, 0.15) is 24.2 Å². The lowest BCUT2D eigenvalue weighted by Crippen LogP contribution is -2.14. The monoisotopic (exact) mass is 417 g/mol. The molecule has 2 aromatic rings. The number of carbonyl (C=O) groups is 2. The smallest absolute Gasteiger partial charge is 0.312 e. The number of hydrogen-bond acceptors (Lipinski definition) is 6. The number of methoxy groups -OCH3 is 1. The Morgan fingerprint density at radius 2 is 1.81 bits per heavy atom. The van der Waals surface area contributed by atoms with Crippen LogP contribution in [0.4, 0.5) is 0 Å². The highest BCUT2D eigenvalue weighted by Crippen LogP contribution is 2.58. The topological polar surface area (TPSA) is 85.6 Å². The summed E-state index contributed by atoms with van der Waals surface area (Å²) in [7, 11) is 1.42. The first-order valence-corrected chi connectivity index (χ1v) is 9.83. The molecule has 2 aromatic carbocycles. The van der Waals surface area contributed by atoms with Crippen LogP contribution in [-0.4, -0.2) is 25.5 Å². The lowest BCUT2D eigenvalue weighted by atomic mass is 10.1. The molecule has 0 aliphatic heterocycles. The van der Waals surface area contributed by atoms with Gasteiger partial charge in [-0.15, -0.1) is 0 Å². The standard InChI is InChI=1S/C25H23NO5/c1-25(2)21(13-12-18(27)16-29-3)23(25)24(28)31-22(15-26)17-8-7-11-20(14-17)30-19-9-5-4-6-10-19/h4-11,14,21-23H,16H2,1-3H3/t21-,22?,23-/m0/s1. The Kier molecular flexibility index (Phi) is 6.74. The molecular weight excluding hydrogens is 394 g/mol. The van der Waals surface area contributed by atoms with Gasteiger partial charge in [0.15, 0.2) is 0 Å². The zero-order valence-electron chi connectivity index (χ0n) is 17.6. The molecule has 6 nitrogen and oxygen atoms in total. The highest BCUT2D eigenvalue weighted by molar-refractivity contribution is 5.96. The molecule has 0 spiro atoms. The number of benzene rings is 2. The Balaban J connectivity index is 1.69. The largest absolute Gasteiger partial charge is 0.457 e. The zero-order chi connectivity index (χ0) is 22.4. The van der Waals surface area contributed by atoms with Crippen LogP contribution in [0.15, 0.2) is 54.6 Å². The summed E-state index contributed by atoms with van der Waals surface area (Å²) in [6.07, 6.45) is -1.08. The fourth-order valence-electron chi connectivity index (χ4n) is 3.40. The quantitative estimate of drug-likeness (QED) is 0.383. The van der Waals surface area contributed by atoms with E-state index in [4.69, 9.17) is 14.2 Å². The molecule has 1 fully saturated rings. The van der Waals surface area contributed by atoms with Crippen LogP contribution in [0.3, 0.4) is 0 Å². The van der Waals surface area contributed by atoms with Crippen LogP contribution < -0.4 is 4.74 Å². The van der Waals surface area contributed by atoms with E-state index in [9.17, 15) is 14.9 Å². The summed E-state index contributed by atoms with van der Waals surface area (Å²) in [4.78, 5) is 24.3. The van der Waals surface area contributed by atoms with Crippen LogP contribution in [0.25, 0.3) is 0 Å². The number of carbonyl (C=O) groups excluding carboxylic acids is 2. The number of nitrogens with zero attached hydrogens (tertiary/aromatic N) is 1. The third-order valence-electron chi connectivity index (χ3n) is 5.21. The molecule has 0 aromatic heterocycles. The van der Waals surface area contributed by atoms with Crippen LogP contribution in [-0.2, 0) is 19.1 Å². The van der Waals surface area contributed by atoms with Crippen LogP contribution in [0.5, 0.6) is 11.5 Å². The van der Waals surface area contributed by atoms with Crippen molar-refractivity contribution >= 4 is 11.8 Å². The van der Waals surface area contributed by atoms with Gasteiger partial charge in [-0.25, -0.2) is 0 Å². The lowest BCUT2D eigenvalue weighted by molar-refractivity contribution is -0.149. The van der Waals surface area contributed by atoms with E-state index in [0.717, 1.165) is 0 Å². The van der Waals surface area contributed by atoms with Gasteiger partial charge >= 0.3 is 5.97 Å². The van der Waals surface area contributed by atoms with Crippen molar-refractivity contribution in [3.05, 3.63) is 60.2 Å². The van der Waals surface area contributed by atoms with E-state index >= 15 is 0 Å². The van der Waals surface area contributed by atoms with Crippen molar-refractivity contribution in [2.75, 3.05) is 13.7 Å². The SMILES string of the molecule is COCC(=O)C#C[C@H]1[C@@H](C(=O)OC(C#N)c2cccc(Oc3ccccc3)c2)C1(C)C. The molecule has 0 N–H and O–H groups in total. The van der Waals surface area contributed by atoms with Crippen molar-refractivity contribution in [3.63, 3.8) is 0 Å². The van der Waals surface area contributed by atoms with Crippen molar-refractivity contribution in [1.82, 2.24) is 0 Å². The molecule has 0 amide bonds. The second kappa shape index (κ2) is 9.47. The average Bonchev–Trinajstić information content (AvgIpc) is 3.32. The molecule has 3 atom stereocenters. The van der Waals surface area contributed by atoms with Crippen molar-refractivity contribution in [2.24, 2.45) is 17.3 Å². The fraction of sp³-hybridized carbons (Fsp3) is 0.320. The molecule has 3 rings (SSSR count). The van der Waals surface area contributed by atoms with Crippen molar-refractivity contribution < 1.29 is 23.8 Å². The summed E-state index contributed by atoms with van der Waals surface area (Å²) in [5, 5.41) is 9.59. The Bertz CT molecular complexity index is 1060. The summed E-state index contributed by atoms with van der Waals surface area (Å²) in [5.74, 6) is 4.88. The van der Waals surface area contributed by atoms with Crippen LogP contribution in [0.2, 0.25) is 0 Å². The number of ketones is 1. The highest BCUT2D eigenvalue weighted by atomic mass is 16.5. The molecule has 0 radical (unpaired) electrons. The molecule has 0 heterocycles. The van der Waals surface area contributed by atoms with Gasteiger partial charge in [-0.2, -0.15) is 5.26 Å². The summed E-state index contributed by atoms with van der Waals surface area (Å²) in [6, 6.07) is 18.2. The molecule has 1 aliphatic rings. The third kappa shape index (κ3) is 5.31. The predicted molar refractivity (Wildman–Crippen MR) is 113 cm³/mol. The van der Waals surface area contributed by atoms with Gasteiger partial charge in [0.2, 0.25) is 11.9 Å². The molecule has 0 bridgehead atoms. The Morgan fingerprint density at radius 3 is 2.48 bits per heavy atom. The van der Waals surface area contributed by atoms with E-state index < -0.39 is 23.4 Å². The van der Waals surface area contributed by atoms with Crippen molar-refractivity contribution in [3.8, 4) is 29.4 Å². The average molecular weight is 417 g/mol. The summed E-state index contributed by atoms with van der Waals surface area (Å²) in [5.41, 5.74) is 0.0797. The maximum atomic E-state index is 12.7. The van der Waals surface area contributed by atoms with Gasteiger partial charge in [0.25, 0.3) is 0 Å². The van der Waals surface area contributed by atoms with Crippen LogP contribution in [0, 0.1) is 40.4 Å². The van der Waals surface area contributed by atoms with E-state index in [-0.39, 0.29) is 18.3 Å². The molecule has 1 saturated carbocycles. The molecule has 31 heavy (non-hydrogen) atoms. The molecule has 6 heteroatoms. The molecule has 1 unspecified atom stereocenters. The van der Waals surface area contributed by atoms with E-state index in [0.29, 0.717) is 17.1 Å². The number of ether oxygens (including phenoxy) is 3. The van der Waals surface area contributed by atoms with Gasteiger partial charge in [-0.3, -0.25) is 9.59 Å².